The molecule has 0 atom stereocenters. The van der Waals surface area contributed by atoms with Gasteiger partial charge < -0.3 is 20.1 Å². The first-order valence-corrected chi connectivity index (χ1v) is 11.0. The van der Waals surface area contributed by atoms with Gasteiger partial charge in [0, 0.05) is 41.6 Å². The third-order valence-corrected chi connectivity index (χ3v) is 5.00. The van der Waals surface area contributed by atoms with Crippen molar-refractivity contribution in [1.82, 2.24) is 4.98 Å². The van der Waals surface area contributed by atoms with Crippen LogP contribution in [-0.2, 0) is 16.1 Å². The van der Waals surface area contributed by atoms with E-state index in [0.29, 0.717) is 11.6 Å². The minimum absolute atomic E-state index is 0.0193. The molecule has 0 radical (unpaired) electrons. The number of carbonyl (C=O) groups excluding carboxylic acids is 2. The number of hydrogen-bond acceptors (Lipinski definition) is 6. The van der Waals surface area contributed by atoms with Crippen LogP contribution < -0.4 is 20.1 Å². The number of benzene rings is 2. The zero-order chi connectivity index (χ0) is 26.4. The summed E-state index contributed by atoms with van der Waals surface area (Å²) in [5, 5.41) is 5.06. The first-order chi connectivity index (χ1) is 17.6. The molecular formula is C25H20F4N4O4. The molecule has 0 bridgehead atoms. The lowest BCUT2D eigenvalue weighted by Crippen LogP contribution is -2.17. The van der Waals surface area contributed by atoms with Gasteiger partial charge in [-0.15, -0.1) is 13.2 Å². The highest BCUT2D eigenvalue weighted by atomic mass is 19.4. The van der Waals surface area contributed by atoms with Crippen LogP contribution in [0, 0.1) is 11.7 Å². The van der Waals surface area contributed by atoms with Crippen molar-refractivity contribution in [2.24, 2.45) is 10.9 Å². The van der Waals surface area contributed by atoms with Crippen molar-refractivity contribution in [1.29, 1.82) is 0 Å². The van der Waals surface area contributed by atoms with Gasteiger partial charge in [0.25, 0.3) is 5.91 Å². The van der Waals surface area contributed by atoms with Crippen molar-refractivity contribution < 1.29 is 36.6 Å². The Morgan fingerprint density at radius 3 is 2.54 bits per heavy atom. The summed E-state index contributed by atoms with van der Waals surface area (Å²) in [4.78, 5) is 31.8. The summed E-state index contributed by atoms with van der Waals surface area (Å²) in [7, 11) is 0. The van der Waals surface area contributed by atoms with E-state index in [9.17, 15) is 27.2 Å². The van der Waals surface area contributed by atoms with E-state index in [1.807, 2.05) is 0 Å². The predicted octanol–water partition coefficient (Wildman–Crippen LogP) is 5.47. The van der Waals surface area contributed by atoms with E-state index >= 15 is 0 Å². The molecule has 2 amide bonds. The molecule has 3 aromatic rings. The summed E-state index contributed by atoms with van der Waals surface area (Å²) in [5.74, 6) is -1.02. The van der Waals surface area contributed by atoms with Crippen molar-refractivity contribution in [3.05, 3.63) is 72.2 Å². The summed E-state index contributed by atoms with van der Waals surface area (Å²) in [6.45, 7) is -0.163. The van der Waals surface area contributed by atoms with Crippen molar-refractivity contribution in [3.8, 4) is 17.2 Å². The fourth-order valence-corrected chi connectivity index (χ4v) is 3.15. The Hall–Kier alpha value is -4.48. The highest BCUT2D eigenvalue weighted by Gasteiger charge is 2.31. The number of nitrogens with one attached hydrogen (secondary N) is 2. The van der Waals surface area contributed by atoms with Gasteiger partial charge >= 0.3 is 6.36 Å². The maximum absolute atomic E-state index is 14.5. The van der Waals surface area contributed by atoms with Crippen LogP contribution in [0.3, 0.4) is 0 Å². The number of carbonyl (C=O) groups is 2. The molecule has 1 heterocycles. The first-order valence-electron chi connectivity index (χ1n) is 11.0. The Bertz CT molecular complexity index is 1330. The zero-order valence-electron chi connectivity index (χ0n) is 19.1. The predicted molar refractivity (Wildman–Crippen MR) is 126 cm³/mol. The van der Waals surface area contributed by atoms with Crippen LogP contribution in [0.1, 0.15) is 18.4 Å². The van der Waals surface area contributed by atoms with E-state index in [4.69, 9.17) is 4.74 Å². The van der Waals surface area contributed by atoms with Gasteiger partial charge in [0.2, 0.25) is 5.91 Å². The second-order valence-corrected chi connectivity index (χ2v) is 8.03. The quantitative estimate of drug-likeness (QED) is 0.290. The molecule has 2 aromatic carbocycles. The van der Waals surface area contributed by atoms with E-state index in [1.54, 1.807) is 6.07 Å². The molecule has 12 heteroatoms. The van der Waals surface area contributed by atoms with Gasteiger partial charge in [-0.1, -0.05) is 12.1 Å². The summed E-state index contributed by atoms with van der Waals surface area (Å²) in [5.41, 5.74) is 0.251. The molecule has 8 nitrogen and oxygen atoms in total. The Balaban J connectivity index is 1.30. The van der Waals surface area contributed by atoms with E-state index in [0.717, 1.165) is 37.3 Å². The number of alkyl halides is 3. The molecule has 0 aliphatic heterocycles. The van der Waals surface area contributed by atoms with E-state index in [-0.39, 0.29) is 35.4 Å². The van der Waals surface area contributed by atoms with Gasteiger partial charge in [-0.2, -0.15) is 0 Å². The molecule has 2 N–H and O–H groups in total. The molecule has 0 unspecified atom stereocenters. The number of rotatable bonds is 9. The van der Waals surface area contributed by atoms with E-state index in [1.165, 1.54) is 36.5 Å². The van der Waals surface area contributed by atoms with Gasteiger partial charge in [0.15, 0.2) is 0 Å². The van der Waals surface area contributed by atoms with Crippen LogP contribution in [-0.4, -0.2) is 29.4 Å². The summed E-state index contributed by atoms with van der Waals surface area (Å²) in [6.07, 6.45) is -0.783. The van der Waals surface area contributed by atoms with Crippen molar-refractivity contribution in [3.63, 3.8) is 0 Å². The number of halogens is 4. The molecule has 0 spiro atoms. The van der Waals surface area contributed by atoms with Gasteiger partial charge in [-0.3, -0.25) is 14.6 Å². The van der Waals surface area contributed by atoms with Crippen LogP contribution in [0.5, 0.6) is 17.2 Å². The van der Waals surface area contributed by atoms with E-state index in [2.05, 4.69) is 25.3 Å². The van der Waals surface area contributed by atoms with Gasteiger partial charge in [0.1, 0.15) is 28.9 Å². The number of nitrogens with zero attached hydrogens (tertiary/aromatic N) is 2. The van der Waals surface area contributed by atoms with Gasteiger partial charge in [0.05, 0.1) is 12.8 Å². The molecule has 0 saturated heterocycles. The molecule has 1 aliphatic carbocycles. The fraction of sp³-hybridized carbons (Fsp3) is 0.200. The standard InChI is InChI=1S/C25H20F4N4O4/c26-21-11-18(36-19-8-9-31-22(12-19)33-24(35)15-4-5-15)7-6-16(21)13-30-14-23(34)32-17-2-1-3-20(10-17)37-25(27,28)29/h1-3,6-12,14-15H,4-5,13H2,(H,32,34)(H,31,33,35). The zero-order valence-corrected chi connectivity index (χ0v) is 19.1. The van der Waals surface area contributed by atoms with Crippen LogP contribution in [0.25, 0.3) is 0 Å². The Morgan fingerprint density at radius 1 is 1.03 bits per heavy atom. The molecule has 192 valence electrons. The number of pyridine rings is 1. The minimum Gasteiger partial charge on any atom is -0.457 e. The smallest absolute Gasteiger partial charge is 0.457 e. The number of hydrogen-bond donors (Lipinski definition) is 2. The Labute approximate surface area is 208 Å². The summed E-state index contributed by atoms with van der Waals surface area (Å²) >= 11 is 0. The molecule has 37 heavy (non-hydrogen) atoms. The molecular weight excluding hydrogens is 496 g/mol. The molecule has 1 aliphatic rings. The topological polar surface area (TPSA) is 102 Å². The summed E-state index contributed by atoms with van der Waals surface area (Å²) in [6, 6.07) is 12.0. The van der Waals surface area contributed by atoms with Crippen LogP contribution >= 0.6 is 0 Å². The van der Waals surface area contributed by atoms with Crippen molar-refractivity contribution >= 4 is 29.5 Å². The number of amides is 2. The number of anilines is 2. The lowest BCUT2D eigenvalue weighted by molar-refractivity contribution is -0.274. The van der Waals surface area contributed by atoms with Crippen LogP contribution in [0.15, 0.2) is 65.8 Å². The average Bonchev–Trinajstić information content (AvgIpc) is 3.66. The maximum Gasteiger partial charge on any atom is 0.573 e. The van der Waals surface area contributed by atoms with Crippen molar-refractivity contribution in [2.45, 2.75) is 25.7 Å². The largest absolute Gasteiger partial charge is 0.573 e. The molecule has 4 rings (SSSR count). The first kappa shape index (κ1) is 25.6. The van der Waals surface area contributed by atoms with Gasteiger partial charge in [-0.25, -0.2) is 9.37 Å². The monoisotopic (exact) mass is 516 g/mol. The molecule has 1 saturated carbocycles. The third-order valence-electron chi connectivity index (χ3n) is 5.00. The second-order valence-electron chi connectivity index (χ2n) is 8.03. The highest BCUT2D eigenvalue weighted by molar-refractivity contribution is 6.31. The maximum atomic E-state index is 14.5. The fourth-order valence-electron chi connectivity index (χ4n) is 3.15. The van der Waals surface area contributed by atoms with Gasteiger partial charge in [-0.05, 0) is 37.1 Å². The Morgan fingerprint density at radius 2 is 1.81 bits per heavy atom. The van der Waals surface area contributed by atoms with E-state index < -0.39 is 23.8 Å². The highest BCUT2D eigenvalue weighted by Crippen LogP contribution is 2.31. The van der Waals surface area contributed by atoms with Crippen LogP contribution in [0.2, 0.25) is 0 Å². The normalized spacial score (nSPS) is 13.3. The van der Waals surface area contributed by atoms with Crippen molar-refractivity contribution in [2.75, 3.05) is 10.6 Å². The second kappa shape index (κ2) is 11.1. The number of aromatic nitrogens is 1. The Kier molecular flexibility index (Phi) is 7.66. The minimum atomic E-state index is -4.86. The lowest BCUT2D eigenvalue weighted by Gasteiger charge is -2.10. The average molecular weight is 516 g/mol. The lowest BCUT2D eigenvalue weighted by atomic mass is 10.2. The number of aliphatic imine (C=N–C) groups is 1. The molecule has 1 aromatic heterocycles. The molecule has 1 fully saturated rings. The summed E-state index contributed by atoms with van der Waals surface area (Å²) < 4.78 is 60.9. The van der Waals surface area contributed by atoms with Crippen LogP contribution in [0.4, 0.5) is 29.1 Å². The number of ether oxygens (including phenoxy) is 2. The SMILES string of the molecule is O=C(C=NCc1ccc(Oc2ccnc(NC(=O)C3CC3)c2)cc1F)Nc1cccc(OC(F)(F)F)c1. The third kappa shape index (κ3) is 8.02.